The topological polar surface area (TPSA) is 63.6 Å². The fraction of sp³-hybridized carbons (Fsp3) is 0.750. The van der Waals surface area contributed by atoms with Crippen molar-refractivity contribution < 1.29 is 28.2 Å². The van der Waals surface area contributed by atoms with Gasteiger partial charge in [-0.2, -0.15) is 0 Å². The summed E-state index contributed by atoms with van der Waals surface area (Å²) < 4.78 is 30.8. The maximum atomic E-state index is 13.3. The second-order valence-corrected chi connectivity index (χ2v) is 3.89. The Morgan fingerprint density at radius 1 is 1.29 bits per heavy atom. The predicted octanol–water partition coefficient (Wildman–Crippen LogP) is 0.659. The number of methoxy groups -OCH3 is 1. The van der Waals surface area contributed by atoms with Crippen LogP contribution in [-0.2, 0) is 14.3 Å². The zero-order valence-corrected chi connectivity index (χ0v) is 7.34. The summed E-state index contributed by atoms with van der Waals surface area (Å²) in [5.74, 6) is -6.00. The molecule has 1 N–H and O–H groups in total. The largest absolute Gasteiger partial charge is 0.481 e. The molecule has 6 heteroatoms. The van der Waals surface area contributed by atoms with Crippen molar-refractivity contribution >= 4 is 11.9 Å². The molecular weight excluding hydrogens is 198 g/mol. The van der Waals surface area contributed by atoms with Crippen LogP contribution in [0.3, 0.4) is 0 Å². The molecule has 0 unspecified atom stereocenters. The lowest BCUT2D eigenvalue weighted by Crippen LogP contribution is -2.84. The molecule has 0 spiro atoms. The van der Waals surface area contributed by atoms with Crippen LogP contribution in [0.25, 0.3) is 0 Å². The van der Waals surface area contributed by atoms with Gasteiger partial charge < -0.3 is 9.84 Å². The molecule has 14 heavy (non-hydrogen) atoms. The monoisotopic (exact) mass is 206 g/mol. The van der Waals surface area contributed by atoms with Crippen LogP contribution in [0, 0.1) is 10.8 Å². The van der Waals surface area contributed by atoms with Crippen molar-refractivity contribution in [1.82, 2.24) is 0 Å². The second-order valence-electron chi connectivity index (χ2n) is 3.89. The third-order valence-corrected chi connectivity index (χ3v) is 3.39. The normalized spacial score (nSPS) is 41.9. The van der Waals surface area contributed by atoms with E-state index in [-0.39, 0.29) is 12.8 Å². The lowest BCUT2D eigenvalue weighted by molar-refractivity contribution is -0.383. The van der Waals surface area contributed by atoms with E-state index in [2.05, 4.69) is 4.74 Å². The van der Waals surface area contributed by atoms with Crippen molar-refractivity contribution in [3.05, 3.63) is 0 Å². The summed E-state index contributed by atoms with van der Waals surface area (Å²) in [6.07, 6.45) is -0.621. The highest BCUT2D eigenvalue weighted by atomic mass is 19.3. The highest BCUT2D eigenvalue weighted by Crippen LogP contribution is 2.81. The summed E-state index contributed by atoms with van der Waals surface area (Å²) in [7, 11) is 1.02. The van der Waals surface area contributed by atoms with Gasteiger partial charge in [-0.15, -0.1) is 0 Å². The van der Waals surface area contributed by atoms with Crippen LogP contribution >= 0.6 is 0 Å². The van der Waals surface area contributed by atoms with Crippen molar-refractivity contribution in [3.8, 4) is 0 Å². The molecule has 0 atom stereocenters. The second kappa shape index (κ2) is 2.07. The molecule has 78 valence electrons. The van der Waals surface area contributed by atoms with Crippen LogP contribution in [0.15, 0.2) is 0 Å². The Labute approximate surface area is 77.8 Å². The zero-order chi connectivity index (χ0) is 10.8. The van der Waals surface area contributed by atoms with Gasteiger partial charge in [-0.3, -0.25) is 9.59 Å². The van der Waals surface area contributed by atoms with Crippen molar-refractivity contribution in [3.63, 3.8) is 0 Å². The van der Waals surface area contributed by atoms with Gasteiger partial charge in [-0.1, -0.05) is 0 Å². The lowest BCUT2D eigenvalue weighted by atomic mass is 9.32. The smallest absolute Gasteiger partial charge is 0.318 e. The van der Waals surface area contributed by atoms with Crippen molar-refractivity contribution in [2.24, 2.45) is 10.8 Å². The molecule has 3 aliphatic carbocycles. The van der Waals surface area contributed by atoms with Gasteiger partial charge in [0.15, 0.2) is 0 Å². The standard InChI is InChI=1S/C8H8F2O4/c1-14-5(13)7-2-6(3-7,4(11)12)8(7,9)10/h2-3H2,1H3,(H,11,12). The quantitative estimate of drug-likeness (QED) is 0.674. The van der Waals surface area contributed by atoms with Gasteiger partial charge in [0.25, 0.3) is 5.92 Å². The zero-order valence-electron chi connectivity index (χ0n) is 7.34. The first-order valence-corrected chi connectivity index (χ1v) is 4.04. The number of hydrogen-bond donors (Lipinski definition) is 1. The lowest BCUT2D eigenvalue weighted by Gasteiger charge is -2.70. The Bertz CT molecular complexity index is 330. The van der Waals surface area contributed by atoms with E-state index in [0.717, 1.165) is 7.11 Å². The van der Waals surface area contributed by atoms with Crippen LogP contribution in [0.1, 0.15) is 12.8 Å². The maximum Gasteiger partial charge on any atom is 0.318 e. The number of hydrogen-bond acceptors (Lipinski definition) is 3. The minimum atomic E-state index is -3.46. The first kappa shape index (κ1) is 9.36. The Kier molecular flexibility index (Phi) is 1.38. The predicted molar refractivity (Wildman–Crippen MR) is 38.7 cm³/mol. The summed E-state index contributed by atoms with van der Waals surface area (Å²) in [5, 5.41) is 8.60. The highest BCUT2D eigenvalue weighted by Gasteiger charge is 2.95. The number of carbonyl (C=O) groups is 2. The van der Waals surface area contributed by atoms with E-state index in [9.17, 15) is 18.4 Å². The van der Waals surface area contributed by atoms with E-state index in [1.165, 1.54) is 0 Å². The van der Waals surface area contributed by atoms with Crippen LogP contribution < -0.4 is 0 Å². The number of carboxylic acids is 1. The van der Waals surface area contributed by atoms with E-state index < -0.39 is 28.7 Å². The van der Waals surface area contributed by atoms with Crippen LogP contribution in [-0.4, -0.2) is 30.1 Å². The van der Waals surface area contributed by atoms with Crippen molar-refractivity contribution in [1.29, 1.82) is 0 Å². The number of carboxylic acid groups (broad SMARTS) is 1. The Morgan fingerprint density at radius 3 is 2.07 bits per heavy atom. The number of aliphatic carboxylic acids is 1. The Morgan fingerprint density at radius 2 is 1.79 bits per heavy atom. The molecule has 0 heterocycles. The summed E-state index contributed by atoms with van der Waals surface area (Å²) in [6.45, 7) is 0. The van der Waals surface area contributed by atoms with Crippen LogP contribution in [0.5, 0.6) is 0 Å². The van der Waals surface area contributed by atoms with E-state index >= 15 is 0 Å². The summed E-state index contributed by atoms with van der Waals surface area (Å²) in [4.78, 5) is 21.6. The van der Waals surface area contributed by atoms with E-state index in [1.807, 2.05) is 0 Å². The highest BCUT2D eigenvalue weighted by molar-refractivity contribution is 5.93. The van der Waals surface area contributed by atoms with E-state index in [4.69, 9.17) is 5.11 Å². The number of alkyl halides is 2. The van der Waals surface area contributed by atoms with Crippen LogP contribution in [0.2, 0.25) is 0 Å². The van der Waals surface area contributed by atoms with Gasteiger partial charge >= 0.3 is 11.9 Å². The van der Waals surface area contributed by atoms with Gasteiger partial charge in [0.2, 0.25) is 0 Å². The molecule has 0 aliphatic heterocycles. The SMILES string of the molecule is COC(=O)C12CC(C(=O)O)(C1)C2(F)F. The molecular formula is C8H8F2O4. The van der Waals surface area contributed by atoms with Gasteiger partial charge in [0.05, 0.1) is 7.11 Å². The molecule has 2 bridgehead atoms. The van der Waals surface area contributed by atoms with Gasteiger partial charge in [-0.05, 0) is 12.8 Å². The molecule has 0 radical (unpaired) electrons. The molecule has 0 amide bonds. The molecule has 3 rings (SSSR count). The van der Waals surface area contributed by atoms with E-state index in [0.29, 0.717) is 0 Å². The van der Waals surface area contributed by atoms with Gasteiger partial charge in [0, 0.05) is 0 Å². The molecule has 3 fully saturated rings. The van der Waals surface area contributed by atoms with Crippen LogP contribution in [0.4, 0.5) is 8.78 Å². The molecule has 0 saturated heterocycles. The minimum Gasteiger partial charge on any atom is -0.481 e. The third-order valence-electron chi connectivity index (χ3n) is 3.39. The summed E-state index contributed by atoms with van der Waals surface area (Å²) >= 11 is 0. The van der Waals surface area contributed by atoms with Crippen molar-refractivity contribution in [2.75, 3.05) is 7.11 Å². The molecule has 3 saturated carbocycles. The number of esters is 1. The summed E-state index contributed by atoms with van der Waals surface area (Å²) in [5.41, 5.74) is -3.87. The van der Waals surface area contributed by atoms with Gasteiger partial charge in [-0.25, -0.2) is 8.78 Å². The Balaban J connectivity index is 2.29. The average molecular weight is 206 g/mol. The van der Waals surface area contributed by atoms with Crippen molar-refractivity contribution in [2.45, 2.75) is 18.8 Å². The number of rotatable bonds is 2. The van der Waals surface area contributed by atoms with E-state index in [1.54, 1.807) is 0 Å². The maximum absolute atomic E-state index is 13.3. The molecule has 0 aromatic heterocycles. The Hall–Kier alpha value is -1.20. The summed E-state index contributed by atoms with van der Waals surface area (Å²) in [6, 6.07) is 0. The first-order chi connectivity index (χ1) is 6.34. The average Bonchev–Trinajstić information content (AvgIpc) is 2.00. The fourth-order valence-corrected chi connectivity index (χ4v) is 2.42. The van der Waals surface area contributed by atoms with Gasteiger partial charge in [0.1, 0.15) is 10.8 Å². The molecule has 3 aliphatic rings. The minimum absolute atomic E-state index is 0.311. The number of halogens is 2. The number of ether oxygens (including phenoxy) is 1. The molecule has 4 nitrogen and oxygen atoms in total. The first-order valence-electron chi connectivity index (χ1n) is 4.04. The molecule has 0 aromatic rings. The number of carbonyl (C=O) groups excluding carboxylic acids is 1. The fourth-order valence-electron chi connectivity index (χ4n) is 2.42. The third kappa shape index (κ3) is 0.566. The molecule has 0 aromatic carbocycles.